The average Bonchev–Trinajstić information content (AvgIpc) is 2.90. The van der Waals surface area contributed by atoms with Gasteiger partial charge < -0.3 is 14.8 Å². The second-order valence-electron chi connectivity index (χ2n) is 4.69. The van der Waals surface area contributed by atoms with Crippen LogP contribution in [0.15, 0.2) is 42.5 Å². The Balaban J connectivity index is 1.94. The van der Waals surface area contributed by atoms with E-state index in [0.29, 0.717) is 5.02 Å². The molecule has 21 heavy (non-hydrogen) atoms. The molecule has 0 saturated carbocycles. The van der Waals surface area contributed by atoms with Crippen LogP contribution in [0.2, 0.25) is 5.02 Å². The number of H-pyrrole nitrogens is 1. The summed E-state index contributed by atoms with van der Waals surface area (Å²) in [5.41, 5.74) is 2.77. The summed E-state index contributed by atoms with van der Waals surface area (Å²) in [6.07, 6.45) is 3.79. The van der Waals surface area contributed by atoms with E-state index in [9.17, 15) is 5.11 Å². The lowest BCUT2D eigenvalue weighted by atomic mass is 10.2. The number of phenols is 1. The van der Waals surface area contributed by atoms with E-state index in [2.05, 4.69) is 4.98 Å². The van der Waals surface area contributed by atoms with E-state index in [0.717, 1.165) is 27.9 Å². The number of hydrogen-bond donors (Lipinski definition) is 2. The van der Waals surface area contributed by atoms with E-state index < -0.39 is 0 Å². The lowest BCUT2D eigenvalue weighted by Gasteiger charge is -1.99. The monoisotopic (exact) mass is 299 g/mol. The van der Waals surface area contributed by atoms with Crippen LogP contribution in [0.3, 0.4) is 0 Å². The highest BCUT2D eigenvalue weighted by molar-refractivity contribution is 6.33. The van der Waals surface area contributed by atoms with Crippen LogP contribution < -0.4 is 4.74 Å². The van der Waals surface area contributed by atoms with Gasteiger partial charge in [-0.3, -0.25) is 0 Å². The second kappa shape index (κ2) is 5.54. The van der Waals surface area contributed by atoms with Gasteiger partial charge in [-0.05, 0) is 42.0 Å². The highest BCUT2D eigenvalue weighted by atomic mass is 35.5. The molecule has 0 aliphatic heterocycles. The van der Waals surface area contributed by atoms with E-state index in [4.69, 9.17) is 16.3 Å². The summed E-state index contributed by atoms with van der Waals surface area (Å²) < 4.78 is 5.21. The predicted octanol–water partition coefficient (Wildman–Crippen LogP) is 4.71. The number of aromatic hydroxyl groups is 1. The Bertz CT molecular complexity index is 821. The molecule has 3 rings (SSSR count). The quantitative estimate of drug-likeness (QED) is 0.736. The van der Waals surface area contributed by atoms with Gasteiger partial charge in [0.2, 0.25) is 0 Å². The highest BCUT2D eigenvalue weighted by Gasteiger charge is 2.03. The second-order valence-corrected chi connectivity index (χ2v) is 5.07. The van der Waals surface area contributed by atoms with Gasteiger partial charge in [0, 0.05) is 16.6 Å². The van der Waals surface area contributed by atoms with E-state index in [1.54, 1.807) is 19.2 Å². The zero-order valence-corrected chi connectivity index (χ0v) is 12.2. The van der Waals surface area contributed by atoms with Gasteiger partial charge in [-0.25, -0.2) is 0 Å². The maximum absolute atomic E-state index is 9.58. The predicted molar refractivity (Wildman–Crippen MR) is 86.9 cm³/mol. The van der Waals surface area contributed by atoms with Gasteiger partial charge >= 0.3 is 0 Å². The van der Waals surface area contributed by atoms with Crippen molar-refractivity contribution in [3.8, 4) is 11.5 Å². The zero-order chi connectivity index (χ0) is 14.8. The van der Waals surface area contributed by atoms with Crippen molar-refractivity contribution in [1.82, 2.24) is 4.98 Å². The molecule has 0 unspecified atom stereocenters. The Morgan fingerprint density at radius 3 is 2.81 bits per heavy atom. The van der Waals surface area contributed by atoms with Crippen molar-refractivity contribution in [1.29, 1.82) is 0 Å². The van der Waals surface area contributed by atoms with Gasteiger partial charge in [0.05, 0.1) is 12.1 Å². The lowest BCUT2D eigenvalue weighted by molar-refractivity contribution is 0.415. The molecule has 2 N–H and O–H groups in total. The van der Waals surface area contributed by atoms with Crippen molar-refractivity contribution >= 4 is 34.7 Å². The van der Waals surface area contributed by atoms with Gasteiger partial charge in [0.15, 0.2) is 0 Å². The first-order valence-corrected chi connectivity index (χ1v) is 6.87. The molecule has 3 aromatic rings. The number of ether oxygens (including phenoxy) is 1. The van der Waals surface area contributed by atoms with Crippen molar-refractivity contribution in [3.63, 3.8) is 0 Å². The fraction of sp³-hybridized carbons (Fsp3) is 0.0588. The first-order chi connectivity index (χ1) is 10.2. The maximum Gasteiger partial charge on any atom is 0.134 e. The molecule has 0 amide bonds. The molecule has 2 aromatic carbocycles. The van der Waals surface area contributed by atoms with E-state index in [-0.39, 0.29) is 5.75 Å². The van der Waals surface area contributed by atoms with Crippen LogP contribution in [0.1, 0.15) is 11.3 Å². The number of hydrogen-bond acceptors (Lipinski definition) is 2. The van der Waals surface area contributed by atoms with Gasteiger partial charge in [-0.15, -0.1) is 0 Å². The van der Waals surface area contributed by atoms with Crippen LogP contribution in [-0.2, 0) is 0 Å². The summed E-state index contributed by atoms with van der Waals surface area (Å²) in [5, 5.41) is 11.0. The Labute approximate surface area is 127 Å². The molecule has 0 aliphatic carbocycles. The van der Waals surface area contributed by atoms with Crippen LogP contribution in [0, 0.1) is 0 Å². The summed E-state index contributed by atoms with van der Waals surface area (Å²) >= 11 is 6.05. The smallest absolute Gasteiger partial charge is 0.134 e. The van der Waals surface area contributed by atoms with Crippen molar-refractivity contribution < 1.29 is 9.84 Å². The third-order valence-electron chi connectivity index (χ3n) is 3.30. The molecule has 4 heteroatoms. The fourth-order valence-electron chi connectivity index (χ4n) is 2.20. The van der Waals surface area contributed by atoms with Gasteiger partial charge in [0.1, 0.15) is 11.5 Å². The molecule has 1 aromatic heterocycles. The Morgan fingerprint density at radius 2 is 2.00 bits per heavy atom. The summed E-state index contributed by atoms with van der Waals surface area (Å²) in [6, 6.07) is 13.1. The SMILES string of the molecule is COc1ccc2[nH]c(/C=C/c3cccc(O)c3Cl)cc2c1. The minimum Gasteiger partial charge on any atom is -0.506 e. The van der Waals surface area contributed by atoms with Gasteiger partial charge in [-0.1, -0.05) is 29.8 Å². The maximum atomic E-state index is 9.58. The molecule has 0 radical (unpaired) electrons. The molecule has 0 atom stereocenters. The van der Waals surface area contributed by atoms with Crippen molar-refractivity contribution in [2.75, 3.05) is 7.11 Å². The van der Waals surface area contributed by atoms with E-state index in [1.807, 2.05) is 42.5 Å². The van der Waals surface area contributed by atoms with Crippen LogP contribution >= 0.6 is 11.6 Å². The summed E-state index contributed by atoms with van der Waals surface area (Å²) in [7, 11) is 1.65. The number of aromatic nitrogens is 1. The lowest BCUT2D eigenvalue weighted by Crippen LogP contribution is -1.80. The van der Waals surface area contributed by atoms with E-state index in [1.165, 1.54) is 0 Å². The number of nitrogens with one attached hydrogen (secondary N) is 1. The summed E-state index contributed by atoms with van der Waals surface area (Å²) in [6.45, 7) is 0. The normalized spacial score (nSPS) is 11.3. The molecule has 0 spiro atoms. The first-order valence-electron chi connectivity index (χ1n) is 6.50. The molecule has 106 valence electrons. The van der Waals surface area contributed by atoms with Crippen LogP contribution in [-0.4, -0.2) is 17.2 Å². The first kappa shape index (κ1) is 13.6. The largest absolute Gasteiger partial charge is 0.506 e. The molecule has 3 nitrogen and oxygen atoms in total. The van der Waals surface area contributed by atoms with Crippen LogP contribution in [0.4, 0.5) is 0 Å². The van der Waals surface area contributed by atoms with Crippen molar-refractivity contribution in [2.45, 2.75) is 0 Å². The van der Waals surface area contributed by atoms with Crippen LogP contribution in [0.25, 0.3) is 23.1 Å². The Kier molecular flexibility index (Phi) is 3.59. The Hall–Kier alpha value is -2.39. The molecular weight excluding hydrogens is 286 g/mol. The molecular formula is C17H14ClNO2. The van der Waals surface area contributed by atoms with Gasteiger partial charge in [0.25, 0.3) is 0 Å². The Morgan fingerprint density at radius 1 is 1.14 bits per heavy atom. The van der Waals surface area contributed by atoms with Gasteiger partial charge in [-0.2, -0.15) is 0 Å². The molecule has 0 fully saturated rings. The number of aromatic amines is 1. The number of fused-ring (bicyclic) bond motifs is 1. The average molecular weight is 300 g/mol. The molecule has 0 aliphatic rings. The number of methoxy groups -OCH3 is 1. The number of rotatable bonds is 3. The topological polar surface area (TPSA) is 45.2 Å². The van der Waals surface area contributed by atoms with Crippen molar-refractivity contribution in [2.24, 2.45) is 0 Å². The number of phenolic OH excluding ortho intramolecular Hbond substituents is 1. The minimum atomic E-state index is 0.0835. The standard InChI is InChI=1S/C17H14ClNO2/c1-21-14-7-8-15-12(10-14)9-13(19-15)6-5-11-3-2-4-16(20)17(11)18/h2-10,19-20H,1H3/b6-5+. The fourth-order valence-corrected chi connectivity index (χ4v) is 2.38. The van der Waals surface area contributed by atoms with Crippen LogP contribution in [0.5, 0.6) is 11.5 Å². The van der Waals surface area contributed by atoms with E-state index >= 15 is 0 Å². The van der Waals surface area contributed by atoms with Crippen molar-refractivity contribution in [3.05, 3.63) is 58.7 Å². The third-order valence-corrected chi connectivity index (χ3v) is 3.71. The number of benzene rings is 2. The molecule has 0 bridgehead atoms. The zero-order valence-electron chi connectivity index (χ0n) is 11.4. The highest BCUT2D eigenvalue weighted by Crippen LogP contribution is 2.28. The summed E-state index contributed by atoms with van der Waals surface area (Å²) in [5.74, 6) is 0.910. The number of halogens is 1. The summed E-state index contributed by atoms with van der Waals surface area (Å²) in [4.78, 5) is 3.30. The molecule has 1 heterocycles. The molecule has 0 saturated heterocycles. The third kappa shape index (κ3) is 2.73. The minimum absolute atomic E-state index is 0.0835.